The van der Waals surface area contributed by atoms with Crippen LogP contribution in [0.15, 0.2) is 48.5 Å². The van der Waals surface area contributed by atoms with Crippen molar-refractivity contribution in [1.82, 2.24) is 20.4 Å². The summed E-state index contributed by atoms with van der Waals surface area (Å²) < 4.78 is 26.7. The topological polar surface area (TPSA) is 165 Å². The molecule has 3 amide bonds. The number of halogens is 1. The summed E-state index contributed by atoms with van der Waals surface area (Å²) in [5.41, 5.74) is 2.57. The molecule has 0 aliphatic carbocycles. The molecule has 55 heavy (non-hydrogen) atoms. The van der Waals surface area contributed by atoms with Gasteiger partial charge in [0.1, 0.15) is 29.8 Å². The number of carbonyl (C=O) groups excluding carboxylic acids is 3. The van der Waals surface area contributed by atoms with E-state index in [1.54, 1.807) is 37.4 Å². The van der Waals surface area contributed by atoms with Crippen LogP contribution < -0.4 is 35.2 Å². The smallest absolute Gasteiger partial charge is 0.249 e. The molecule has 1 atom stereocenters. The zero-order valence-electron chi connectivity index (χ0n) is 31.1. The quantitative estimate of drug-likeness (QED) is 0.238. The molecule has 0 radical (unpaired) electrons. The van der Waals surface area contributed by atoms with Crippen LogP contribution in [0.4, 0.5) is 27.3 Å². The predicted molar refractivity (Wildman–Crippen MR) is 205 cm³/mol. The zero-order chi connectivity index (χ0) is 38.3. The van der Waals surface area contributed by atoms with Crippen LogP contribution in [0.1, 0.15) is 56.9 Å². The Hall–Kier alpha value is -5.49. The largest absolute Gasteiger partial charge is 0.495 e. The highest BCUT2D eigenvalue weighted by atomic mass is 19.1. The van der Waals surface area contributed by atoms with E-state index in [0.29, 0.717) is 59.6 Å². The number of piperidine rings is 4. The lowest BCUT2D eigenvalue weighted by Gasteiger charge is -2.38. The first-order chi connectivity index (χ1) is 26.7. The number of carbonyl (C=O) groups is 3. The van der Waals surface area contributed by atoms with Crippen molar-refractivity contribution in [3.63, 3.8) is 0 Å². The van der Waals surface area contributed by atoms with Crippen LogP contribution in [0.3, 0.4) is 0 Å². The van der Waals surface area contributed by atoms with Crippen molar-refractivity contribution in [1.29, 1.82) is 5.26 Å². The first-order valence-corrected chi connectivity index (χ1v) is 19.3. The first-order valence-electron chi connectivity index (χ1n) is 19.3. The third kappa shape index (κ3) is 9.43. The van der Waals surface area contributed by atoms with Gasteiger partial charge in [-0.25, -0.2) is 4.39 Å². The minimum absolute atomic E-state index is 0.0459. The Morgan fingerprint density at radius 3 is 2.36 bits per heavy atom. The second-order valence-electron chi connectivity index (χ2n) is 14.9. The molecule has 1 unspecified atom stereocenters. The monoisotopic (exact) mass is 753 g/mol. The lowest BCUT2D eigenvalue weighted by molar-refractivity contribution is -0.133. The molecule has 3 aromatic rings. The third-order valence-electron chi connectivity index (χ3n) is 11.2. The maximum atomic E-state index is 15.1. The number of rotatable bonds is 11. The van der Waals surface area contributed by atoms with Crippen molar-refractivity contribution in [3.8, 4) is 17.7 Å². The molecule has 14 nitrogen and oxygen atoms in total. The first kappa shape index (κ1) is 37.8. The van der Waals surface area contributed by atoms with Gasteiger partial charge < -0.3 is 34.8 Å². The van der Waals surface area contributed by atoms with Crippen LogP contribution in [-0.4, -0.2) is 97.9 Å². The summed E-state index contributed by atoms with van der Waals surface area (Å²) in [6.45, 7) is 5.87. The molecule has 4 fully saturated rings. The number of hydrogen-bond donors (Lipinski definition) is 3. The van der Waals surface area contributed by atoms with Crippen molar-refractivity contribution >= 4 is 40.6 Å². The van der Waals surface area contributed by atoms with Crippen molar-refractivity contribution in [2.45, 2.75) is 63.5 Å². The van der Waals surface area contributed by atoms with E-state index in [4.69, 9.17) is 9.47 Å². The summed E-state index contributed by atoms with van der Waals surface area (Å²) in [7, 11) is 1.55. The van der Waals surface area contributed by atoms with E-state index in [9.17, 15) is 19.6 Å². The van der Waals surface area contributed by atoms with Gasteiger partial charge in [0.2, 0.25) is 23.6 Å². The summed E-state index contributed by atoms with van der Waals surface area (Å²) in [6.07, 6.45) is 5.84. The van der Waals surface area contributed by atoms with E-state index in [2.05, 4.69) is 46.9 Å². The Bertz CT molecular complexity index is 1880. The van der Waals surface area contributed by atoms with E-state index in [1.165, 1.54) is 6.07 Å². The molecule has 4 aliphatic heterocycles. The summed E-state index contributed by atoms with van der Waals surface area (Å²) in [6, 6.07) is 15.6. The number of nitriles is 1. The zero-order valence-corrected chi connectivity index (χ0v) is 31.1. The fraction of sp³-hybridized carbons (Fsp3) is 0.500. The van der Waals surface area contributed by atoms with Gasteiger partial charge in [0, 0.05) is 81.7 Å². The number of amides is 3. The van der Waals surface area contributed by atoms with Gasteiger partial charge in [0.25, 0.3) is 0 Å². The molecular formula is C40H48FN9O5. The van der Waals surface area contributed by atoms with Gasteiger partial charge >= 0.3 is 0 Å². The molecule has 4 saturated heterocycles. The molecular weight excluding hydrogens is 705 g/mol. The summed E-state index contributed by atoms with van der Waals surface area (Å²) in [4.78, 5) is 43.3. The summed E-state index contributed by atoms with van der Waals surface area (Å²) >= 11 is 0. The molecule has 290 valence electrons. The minimum Gasteiger partial charge on any atom is -0.495 e. The number of aromatic nitrogens is 2. The number of imide groups is 1. The molecule has 2 aromatic carbocycles. The van der Waals surface area contributed by atoms with Crippen molar-refractivity contribution in [2.24, 2.45) is 11.8 Å². The van der Waals surface area contributed by atoms with Crippen LogP contribution >= 0.6 is 0 Å². The third-order valence-corrected chi connectivity index (χ3v) is 11.2. The molecule has 0 bridgehead atoms. The highest BCUT2D eigenvalue weighted by Crippen LogP contribution is 2.31. The van der Waals surface area contributed by atoms with Gasteiger partial charge in [-0.2, -0.15) is 5.26 Å². The standard InChI is InChI=1S/C40H48FN9O5/c1-54-35-23-30(4-2-28(35)24-42)49-20-12-27(13-21-49)39(52)44-36-7-9-38(47-46-36)55-31-14-16-48(17-15-31)25-26-10-18-50(19-11-26)34-6-3-29(22-32(34)41)43-33-5-8-37(51)45-40(33)53/h2-4,6-7,9,22-23,26-27,31,33,43H,5,8,10-21,25H2,1H3,(H,44,46,52)(H,45,51,53). The average Bonchev–Trinajstić information content (AvgIpc) is 3.20. The van der Waals surface area contributed by atoms with Gasteiger partial charge in [-0.15, -0.1) is 10.2 Å². The van der Waals surface area contributed by atoms with Crippen molar-refractivity contribution in [3.05, 3.63) is 59.9 Å². The Morgan fingerprint density at radius 2 is 1.69 bits per heavy atom. The number of nitrogens with one attached hydrogen (secondary N) is 3. The lowest BCUT2D eigenvalue weighted by Crippen LogP contribution is -2.47. The molecule has 5 heterocycles. The van der Waals surface area contributed by atoms with E-state index >= 15 is 4.39 Å². The average molecular weight is 754 g/mol. The van der Waals surface area contributed by atoms with E-state index in [0.717, 1.165) is 77.2 Å². The molecule has 0 spiro atoms. The van der Waals surface area contributed by atoms with Gasteiger partial charge in [-0.3, -0.25) is 19.7 Å². The van der Waals surface area contributed by atoms with Gasteiger partial charge in [-0.1, -0.05) is 0 Å². The number of hydrogen-bond acceptors (Lipinski definition) is 12. The predicted octanol–water partition coefficient (Wildman–Crippen LogP) is 4.33. The Kier molecular flexibility index (Phi) is 11.9. The van der Waals surface area contributed by atoms with Gasteiger partial charge in [0.15, 0.2) is 5.82 Å². The fourth-order valence-corrected chi connectivity index (χ4v) is 8.03. The number of likely N-dealkylation sites (tertiary alicyclic amines) is 1. The minimum atomic E-state index is -0.549. The Labute approximate surface area is 320 Å². The van der Waals surface area contributed by atoms with Crippen LogP contribution in [0.5, 0.6) is 11.6 Å². The second-order valence-corrected chi connectivity index (χ2v) is 14.9. The maximum Gasteiger partial charge on any atom is 0.249 e. The van der Waals surface area contributed by atoms with Crippen LogP contribution in [-0.2, 0) is 14.4 Å². The normalized spacial score (nSPS) is 20.4. The highest BCUT2D eigenvalue weighted by molar-refractivity contribution is 6.01. The molecule has 3 N–H and O–H groups in total. The molecule has 15 heteroatoms. The molecule has 0 saturated carbocycles. The second kappa shape index (κ2) is 17.3. The SMILES string of the molecule is COc1cc(N2CCC(C(=O)Nc3ccc(OC4CCN(CC5CCN(c6ccc(NC7CCC(=O)NC7=O)cc6F)CC5)CC4)nn3)CC2)ccc1C#N. The number of anilines is 4. The number of methoxy groups -OCH3 is 1. The fourth-order valence-electron chi connectivity index (χ4n) is 8.03. The highest BCUT2D eigenvalue weighted by Gasteiger charge is 2.29. The molecule has 7 rings (SSSR count). The van der Waals surface area contributed by atoms with E-state index in [1.807, 2.05) is 12.1 Å². The molecule has 4 aliphatic rings. The van der Waals surface area contributed by atoms with Crippen molar-refractivity contribution < 1.29 is 28.2 Å². The Morgan fingerprint density at radius 1 is 0.927 bits per heavy atom. The van der Waals surface area contributed by atoms with Crippen LogP contribution in [0.25, 0.3) is 0 Å². The number of benzene rings is 2. The Balaban J connectivity index is 0.792. The summed E-state index contributed by atoms with van der Waals surface area (Å²) in [5.74, 6) is 0.753. The number of nitrogens with zero attached hydrogens (tertiary/aromatic N) is 6. The van der Waals surface area contributed by atoms with Crippen molar-refractivity contribution in [2.75, 3.05) is 73.4 Å². The number of ether oxygens (including phenoxy) is 2. The van der Waals surface area contributed by atoms with Crippen LogP contribution in [0, 0.1) is 29.0 Å². The van der Waals surface area contributed by atoms with Gasteiger partial charge in [0.05, 0.1) is 18.4 Å². The van der Waals surface area contributed by atoms with Crippen LogP contribution in [0.2, 0.25) is 0 Å². The summed E-state index contributed by atoms with van der Waals surface area (Å²) in [5, 5.41) is 26.0. The van der Waals surface area contributed by atoms with Gasteiger partial charge in [-0.05, 0) is 87.3 Å². The lowest BCUT2D eigenvalue weighted by atomic mass is 9.94. The van der Waals surface area contributed by atoms with E-state index < -0.39 is 6.04 Å². The molecule has 1 aromatic heterocycles. The van der Waals surface area contributed by atoms with E-state index in [-0.39, 0.29) is 42.0 Å². The maximum absolute atomic E-state index is 15.1.